The second kappa shape index (κ2) is 3.43. The number of hydrogen-bond acceptors (Lipinski definition) is 4. The summed E-state index contributed by atoms with van der Waals surface area (Å²) in [5, 5.41) is 3.43. The molecule has 1 aromatic heterocycles. The summed E-state index contributed by atoms with van der Waals surface area (Å²) in [6.45, 7) is 4.29. The Bertz CT molecular complexity index is 258. The van der Waals surface area contributed by atoms with Crippen LogP contribution in [0.25, 0.3) is 0 Å². The topological polar surface area (TPSA) is 54.9 Å². The van der Waals surface area contributed by atoms with Crippen LogP contribution in [0.4, 0.5) is 0 Å². The lowest BCUT2D eigenvalue weighted by Gasteiger charge is -1.93. The highest BCUT2D eigenvalue weighted by atomic mass is 32.1. The molecule has 0 saturated heterocycles. The highest BCUT2D eigenvalue weighted by Gasteiger charge is 2.08. The highest BCUT2D eigenvalue weighted by Crippen LogP contribution is 2.01. The zero-order valence-corrected chi connectivity index (χ0v) is 7.23. The smallest absolute Gasteiger partial charge is 0.290 e. The summed E-state index contributed by atoms with van der Waals surface area (Å²) in [6.07, 6.45) is 0. The van der Waals surface area contributed by atoms with Gasteiger partial charge in [-0.05, 0) is 25.4 Å². The van der Waals surface area contributed by atoms with Crippen LogP contribution in [0.1, 0.15) is 22.6 Å². The van der Waals surface area contributed by atoms with Crippen LogP contribution in [0.15, 0.2) is 0 Å². The van der Waals surface area contributed by atoms with Crippen LogP contribution in [0.2, 0.25) is 0 Å². The van der Waals surface area contributed by atoms with Gasteiger partial charge >= 0.3 is 0 Å². The summed E-state index contributed by atoms with van der Waals surface area (Å²) in [6, 6.07) is 0. The zero-order chi connectivity index (χ0) is 8.27. The molecule has 0 radical (unpaired) electrons. The van der Waals surface area contributed by atoms with E-state index >= 15 is 0 Å². The molecule has 0 aliphatic rings. The lowest BCUT2D eigenvalue weighted by Crippen LogP contribution is -2.23. The molecular formula is C6H9N3OS. The Labute approximate surface area is 68.8 Å². The number of amides is 1. The Morgan fingerprint density at radius 2 is 2.45 bits per heavy atom. The Balaban J connectivity index is 2.69. The fourth-order valence-corrected chi connectivity index (χ4v) is 1.10. The minimum Gasteiger partial charge on any atom is -0.350 e. The molecule has 0 saturated carbocycles. The molecule has 60 valence electrons. The van der Waals surface area contributed by atoms with Crippen molar-refractivity contribution < 1.29 is 4.79 Å². The maximum Gasteiger partial charge on any atom is 0.290 e. The summed E-state index contributed by atoms with van der Waals surface area (Å²) < 4.78 is 3.85. The first kappa shape index (κ1) is 8.13. The average Bonchev–Trinajstić information content (AvgIpc) is 2.36. The number of carbonyl (C=O) groups is 1. The van der Waals surface area contributed by atoms with Crippen molar-refractivity contribution in [3.8, 4) is 0 Å². The van der Waals surface area contributed by atoms with Crippen molar-refractivity contribution in [3.05, 3.63) is 10.8 Å². The second-order valence-corrected chi connectivity index (χ2v) is 2.95. The molecule has 0 spiro atoms. The molecule has 0 aromatic carbocycles. The van der Waals surface area contributed by atoms with E-state index in [1.807, 2.05) is 13.8 Å². The third-order valence-corrected chi connectivity index (χ3v) is 1.69. The Kier molecular flexibility index (Phi) is 2.53. The summed E-state index contributed by atoms with van der Waals surface area (Å²) >= 11 is 1.24. The predicted molar refractivity (Wildman–Crippen MR) is 42.7 cm³/mol. The quantitative estimate of drug-likeness (QED) is 0.708. The third kappa shape index (κ3) is 1.98. The molecule has 1 rings (SSSR count). The van der Waals surface area contributed by atoms with Crippen LogP contribution in [-0.4, -0.2) is 21.8 Å². The van der Waals surface area contributed by atoms with E-state index in [-0.39, 0.29) is 11.7 Å². The van der Waals surface area contributed by atoms with Crippen LogP contribution < -0.4 is 5.32 Å². The maximum atomic E-state index is 11.0. The van der Waals surface area contributed by atoms with Gasteiger partial charge in [0.2, 0.25) is 5.82 Å². The van der Waals surface area contributed by atoms with Crippen LogP contribution in [0.5, 0.6) is 0 Å². The van der Waals surface area contributed by atoms with E-state index in [9.17, 15) is 4.79 Å². The van der Waals surface area contributed by atoms with E-state index in [0.29, 0.717) is 6.54 Å². The molecule has 0 atom stereocenters. The third-order valence-electron chi connectivity index (χ3n) is 1.07. The van der Waals surface area contributed by atoms with Gasteiger partial charge in [-0.25, -0.2) is 4.98 Å². The van der Waals surface area contributed by atoms with Gasteiger partial charge in [-0.1, -0.05) is 0 Å². The van der Waals surface area contributed by atoms with Crippen molar-refractivity contribution in [1.29, 1.82) is 0 Å². The molecule has 4 nitrogen and oxygen atoms in total. The maximum absolute atomic E-state index is 11.0. The van der Waals surface area contributed by atoms with Gasteiger partial charge in [0.15, 0.2) is 0 Å². The molecule has 1 amide bonds. The van der Waals surface area contributed by atoms with Gasteiger partial charge in [0, 0.05) is 6.54 Å². The number of hydrogen-bond donors (Lipinski definition) is 1. The van der Waals surface area contributed by atoms with E-state index in [4.69, 9.17) is 0 Å². The summed E-state index contributed by atoms with van der Waals surface area (Å²) in [5.74, 6) is 0.0752. The number of nitrogens with zero attached hydrogens (tertiary/aromatic N) is 2. The summed E-state index contributed by atoms with van der Waals surface area (Å²) in [5.41, 5.74) is 0. The van der Waals surface area contributed by atoms with Crippen molar-refractivity contribution >= 4 is 17.4 Å². The molecule has 0 fully saturated rings. The van der Waals surface area contributed by atoms with Crippen LogP contribution in [0.3, 0.4) is 0 Å². The normalized spacial score (nSPS) is 9.64. The minimum atomic E-state index is -0.197. The lowest BCUT2D eigenvalue weighted by molar-refractivity contribution is 0.0946. The van der Waals surface area contributed by atoms with Gasteiger partial charge in [0.05, 0.1) is 0 Å². The molecule has 1 aromatic rings. The van der Waals surface area contributed by atoms with Crippen LogP contribution in [-0.2, 0) is 0 Å². The van der Waals surface area contributed by atoms with Gasteiger partial charge < -0.3 is 5.32 Å². The van der Waals surface area contributed by atoms with Crippen molar-refractivity contribution in [2.45, 2.75) is 13.8 Å². The van der Waals surface area contributed by atoms with Crippen LogP contribution >= 0.6 is 11.5 Å². The molecule has 0 unspecified atom stereocenters. The average molecular weight is 171 g/mol. The van der Waals surface area contributed by atoms with Crippen LogP contribution in [0, 0.1) is 6.92 Å². The first-order valence-corrected chi connectivity index (χ1v) is 4.10. The van der Waals surface area contributed by atoms with Gasteiger partial charge in [0.25, 0.3) is 5.91 Å². The number of rotatable bonds is 2. The molecule has 0 aliphatic carbocycles. The molecule has 1 N–H and O–H groups in total. The molecule has 11 heavy (non-hydrogen) atoms. The number of nitrogens with one attached hydrogen (secondary N) is 1. The number of aromatic nitrogens is 2. The SMILES string of the molecule is CCNC(=O)c1nsc(C)n1. The van der Waals surface area contributed by atoms with E-state index < -0.39 is 0 Å². The van der Waals surface area contributed by atoms with Crippen molar-refractivity contribution in [1.82, 2.24) is 14.7 Å². The summed E-state index contributed by atoms with van der Waals surface area (Å²) in [7, 11) is 0. The van der Waals surface area contributed by atoms with Crippen molar-refractivity contribution in [2.75, 3.05) is 6.54 Å². The fraction of sp³-hybridized carbons (Fsp3) is 0.500. The highest BCUT2D eigenvalue weighted by molar-refractivity contribution is 7.05. The monoisotopic (exact) mass is 171 g/mol. The lowest BCUT2D eigenvalue weighted by atomic mass is 10.5. The first-order valence-electron chi connectivity index (χ1n) is 3.32. The Morgan fingerprint density at radius 3 is 2.91 bits per heavy atom. The van der Waals surface area contributed by atoms with Gasteiger partial charge in [-0.2, -0.15) is 4.37 Å². The zero-order valence-electron chi connectivity index (χ0n) is 6.42. The Hall–Kier alpha value is -0.970. The largest absolute Gasteiger partial charge is 0.350 e. The molecule has 1 heterocycles. The standard InChI is InChI=1S/C6H9N3OS/c1-3-7-6(10)5-8-4(2)11-9-5/h3H2,1-2H3,(H,7,10). The van der Waals surface area contributed by atoms with Gasteiger partial charge in [0.1, 0.15) is 5.01 Å². The van der Waals surface area contributed by atoms with E-state index in [2.05, 4.69) is 14.7 Å². The van der Waals surface area contributed by atoms with Gasteiger partial charge in [-0.3, -0.25) is 4.79 Å². The summed E-state index contributed by atoms with van der Waals surface area (Å²) in [4.78, 5) is 15.0. The fourth-order valence-electron chi connectivity index (χ4n) is 0.631. The molecular weight excluding hydrogens is 162 g/mol. The number of carbonyl (C=O) groups excluding carboxylic acids is 1. The number of aryl methyl sites for hydroxylation is 1. The first-order chi connectivity index (χ1) is 5.24. The second-order valence-electron chi connectivity index (χ2n) is 2.00. The van der Waals surface area contributed by atoms with Gasteiger partial charge in [-0.15, -0.1) is 0 Å². The van der Waals surface area contributed by atoms with Crippen molar-refractivity contribution in [2.24, 2.45) is 0 Å². The van der Waals surface area contributed by atoms with Crippen molar-refractivity contribution in [3.63, 3.8) is 0 Å². The molecule has 0 bridgehead atoms. The molecule has 5 heteroatoms. The molecule has 0 aliphatic heterocycles. The predicted octanol–water partition coefficient (Wildman–Crippen LogP) is 0.596. The van der Waals surface area contributed by atoms with E-state index in [1.54, 1.807) is 0 Å². The van der Waals surface area contributed by atoms with E-state index in [1.165, 1.54) is 11.5 Å². The van der Waals surface area contributed by atoms with E-state index in [0.717, 1.165) is 5.01 Å². The minimum absolute atomic E-state index is 0.197. The Morgan fingerprint density at radius 1 is 1.73 bits per heavy atom.